The van der Waals surface area contributed by atoms with Crippen LogP contribution in [-0.4, -0.2) is 21.0 Å². The Hall–Kier alpha value is -1.82. The van der Waals surface area contributed by atoms with E-state index in [-0.39, 0.29) is 11.3 Å². The number of rotatable bonds is 2. The lowest BCUT2D eigenvalue weighted by Crippen LogP contribution is -2.03. The lowest BCUT2D eigenvalue weighted by Gasteiger charge is -2.01. The van der Waals surface area contributed by atoms with Gasteiger partial charge in [0.2, 0.25) is 0 Å². The van der Waals surface area contributed by atoms with Crippen LogP contribution in [0.4, 0.5) is 4.39 Å². The lowest BCUT2D eigenvalue weighted by molar-refractivity contribution is 0.0691. The first kappa shape index (κ1) is 9.72. The van der Waals surface area contributed by atoms with Gasteiger partial charge in [-0.15, -0.1) is 11.3 Å². The van der Waals surface area contributed by atoms with Crippen molar-refractivity contribution >= 4 is 17.3 Å². The fraction of sp³-hybridized carbons (Fsp3) is 0. The van der Waals surface area contributed by atoms with Crippen LogP contribution in [0, 0.1) is 5.82 Å². The van der Waals surface area contributed by atoms with E-state index in [0.717, 1.165) is 12.3 Å². The van der Waals surface area contributed by atoms with E-state index < -0.39 is 11.8 Å². The maximum atomic E-state index is 12.9. The standard InChI is InChI=1S/C9H5FN2O2S/c10-5-3-6(8-11-1-2-15-8)7(9(13)14)12-4-5/h1-4H,(H,13,14). The summed E-state index contributed by atoms with van der Waals surface area (Å²) in [7, 11) is 0. The summed E-state index contributed by atoms with van der Waals surface area (Å²) < 4.78 is 12.9. The van der Waals surface area contributed by atoms with Crippen molar-refractivity contribution in [3.05, 3.63) is 35.4 Å². The van der Waals surface area contributed by atoms with Crippen LogP contribution < -0.4 is 0 Å². The number of pyridine rings is 1. The summed E-state index contributed by atoms with van der Waals surface area (Å²) in [6.45, 7) is 0. The van der Waals surface area contributed by atoms with Crippen LogP contribution in [-0.2, 0) is 0 Å². The molecule has 0 saturated heterocycles. The number of carbonyl (C=O) groups is 1. The minimum Gasteiger partial charge on any atom is -0.476 e. The molecule has 0 aromatic carbocycles. The van der Waals surface area contributed by atoms with Crippen LogP contribution in [0.15, 0.2) is 23.8 Å². The maximum Gasteiger partial charge on any atom is 0.355 e. The largest absolute Gasteiger partial charge is 0.476 e. The van der Waals surface area contributed by atoms with E-state index >= 15 is 0 Å². The Labute approximate surface area is 88.1 Å². The molecule has 0 aliphatic rings. The number of carboxylic acid groups (broad SMARTS) is 1. The number of thiazole rings is 1. The van der Waals surface area contributed by atoms with Gasteiger partial charge < -0.3 is 5.11 Å². The van der Waals surface area contributed by atoms with Gasteiger partial charge in [0.05, 0.1) is 6.20 Å². The van der Waals surface area contributed by atoms with E-state index in [0.29, 0.717) is 5.01 Å². The average molecular weight is 224 g/mol. The number of aromatic carboxylic acids is 1. The summed E-state index contributed by atoms with van der Waals surface area (Å²) in [4.78, 5) is 18.3. The highest BCUT2D eigenvalue weighted by Crippen LogP contribution is 2.24. The van der Waals surface area contributed by atoms with E-state index in [9.17, 15) is 9.18 Å². The Morgan fingerprint density at radius 3 is 2.87 bits per heavy atom. The molecule has 2 aromatic rings. The molecule has 2 heterocycles. The molecule has 2 aromatic heterocycles. The molecule has 4 nitrogen and oxygen atoms in total. The SMILES string of the molecule is O=C(O)c1ncc(F)cc1-c1nccs1. The van der Waals surface area contributed by atoms with Gasteiger partial charge in [-0.05, 0) is 6.07 Å². The van der Waals surface area contributed by atoms with Gasteiger partial charge in [0.1, 0.15) is 10.8 Å². The Balaban J connectivity index is 2.63. The zero-order valence-electron chi connectivity index (χ0n) is 7.35. The molecule has 0 aliphatic carbocycles. The lowest BCUT2D eigenvalue weighted by atomic mass is 10.2. The van der Waals surface area contributed by atoms with Crippen LogP contribution in [0.3, 0.4) is 0 Å². The second kappa shape index (κ2) is 3.74. The highest BCUT2D eigenvalue weighted by Gasteiger charge is 2.15. The molecule has 0 spiro atoms. The molecule has 15 heavy (non-hydrogen) atoms. The number of halogens is 1. The van der Waals surface area contributed by atoms with Gasteiger partial charge in [-0.25, -0.2) is 19.2 Å². The molecule has 2 rings (SSSR count). The fourth-order valence-corrected chi connectivity index (χ4v) is 1.78. The second-order valence-electron chi connectivity index (χ2n) is 2.69. The number of carboxylic acids is 1. The third kappa shape index (κ3) is 1.84. The van der Waals surface area contributed by atoms with Gasteiger partial charge in [0, 0.05) is 17.1 Å². The normalized spacial score (nSPS) is 10.2. The summed E-state index contributed by atoms with van der Waals surface area (Å²) in [6.07, 6.45) is 2.40. The van der Waals surface area contributed by atoms with Crippen LogP contribution in [0.25, 0.3) is 10.6 Å². The Morgan fingerprint density at radius 2 is 2.27 bits per heavy atom. The van der Waals surface area contributed by atoms with Gasteiger partial charge >= 0.3 is 5.97 Å². The first-order valence-corrected chi connectivity index (χ1v) is 4.85. The molecular formula is C9H5FN2O2S. The number of hydrogen-bond acceptors (Lipinski definition) is 4. The molecule has 6 heteroatoms. The van der Waals surface area contributed by atoms with Crippen molar-refractivity contribution in [3.63, 3.8) is 0 Å². The zero-order chi connectivity index (χ0) is 10.8. The quantitative estimate of drug-likeness (QED) is 0.847. The van der Waals surface area contributed by atoms with Crippen LogP contribution >= 0.6 is 11.3 Å². The topological polar surface area (TPSA) is 63.1 Å². The number of aromatic nitrogens is 2. The molecule has 0 saturated carbocycles. The van der Waals surface area contributed by atoms with Gasteiger partial charge in [-0.2, -0.15) is 0 Å². The van der Waals surface area contributed by atoms with Crippen molar-refractivity contribution < 1.29 is 14.3 Å². The van der Waals surface area contributed by atoms with Crippen LogP contribution in [0.2, 0.25) is 0 Å². The second-order valence-corrected chi connectivity index (χ2v) is 3.59. The maximum absolute atomic E-state index is 12.9. The summed E-state index contributed by atoms with van der Waals surface area (Å²) in [5.74, 6) is -1.77. The highest BCUT2D eigenvalue weighted by molar-refractivity contribution is 7.13. The minimum absolute atomic E-state index is 0.189. The van der Waals surface area contributed by atoms with Crippen molar-refractivity contribution in [1.82, 2.24) is 9.97 Å². The van der Waals surface area contributed by atoms with Gasteiger partial charge in [0.15, 0.2) is 5.69 Å². The van der Waals surface area contributed by atoms with Crippen molar-refractivity contribution in [2.75, 3.05) is 0 Å². The minimum atomic E-state index is -1.19. The Kier molecular flexibility index (Phi) is 2.42. The third-order valence-electron chi connectivity index (χ3n) is 1.72. The molecule has 1 N–H and O–H groups in total. The van der Waals surface area contributed by atoms with Crippen molar-refractivity contribution in [3.8, 4) is 10.6 Å². The molecule has 0 atom stereocenters. The van der Waals surface area contributed by atoms with Gasteiger partial charge in [-0.3, -0.25) is 0 Å². The van der Waals surface area contributed by atoms with Gasteiger partial charge in [0.25, 0.3) is 0 Å². The smallest absolute Gasteiger partial charge is 0.355 e. The number of hydrogen-bond donors (Lipinski definition) is 1. The summed E-state index contributed by atoms with van der Waals surface area (Å²) in [5.41, 5.74) is 0.0175. The highest BCUT2D eigenvalue weighted by atomic mass is 32.1. The van der Waals surface area contributed by atoms with E-state index in [2.05, 4.69) is 9.97 Å². The predicted octanol–water partition coefficient (Wildman–Crippen LogP) is 2.04. The Bertz CT molecular complexity index is 499. The first-order valence-electron chi connectivity index (χ1n) is 3.97. The van der Waals surface area contributed by atoms with Crippen molar-refractivity contribution in [1.29, 1.82) is 0 Å². The molecule has 0 unspecified atom stereocenters. The Morgan fingerprint density at radius 1 is 1.47 bits per heavy atom. The molecule has 0 amide bonds. The molecular weight excluding hydrogens is 219 g/mol. The molecule has 0 fully saturated rings. The van der Waals surface area contributed by atoms with Crippen molar-refractivity contribution in [2.45, 2.75) is 0 Å². The monoisotopic (exact) mass is 224 g/mol. The van der Waals surface area contributed by atoms with Gasteiger partial charge in [-0.1, -0.05) is 0 Å². The van der Waals surface area contributed by atoms with E-state index in [1.165, 1.54) is 17.5 Å². The first-order chi connectivity index (χ1) is 7.18. The average Bonchev–Trinajstić information content (AvgIpc) is 2.69. The van der Waals surface area contributed by atoms with Crippen LogP contribution in [0.1, 0.15) is 10.5 Å². The van der Waals surface area contributed by atoms with Crippen molar-refractivity contribution in [2.24, 2.45) is 0 Å². The van der Waals surface area contributed by atoms with Crippen LogP contribution in [0.5, 0.6) is 0 Å². The van der Waals surface area contributed by atoms with E-state index in [1.54, 1.807) is 5.38 Å². The predicted molar refractivity (Wildman–Crippen MR) is 52.3 cm³/mol. The summed E-state index contributed by atoms with van der Waals surface area (Å²) in [5, 5.41) is 11.0. The summed E-state index contributed by atoms with van der Waals surface area (Å²) in [6, 6.07) is 1.12. The molecule has 0 bridgehead atoms. The molecule has 76 valence electrons. The molecule has 0 aliphatic heterocycles. The van der Waals surface area contributed by atoms with E-state index in [1.807, 2.05) is 0 Å². The van der Waals surface area contributed by atoms with E-state index in [4.69, 9.17) is 5.11 Å². The molecule has 0 radical (unpaired) electrons. The fourth-order valence-electron chi connectivity index (χ4n) is 1.13. The summed E-state index contributed by atoms with van der Waals surface area (Å²) >= 11 is 1.24. The zero-order valence-corrected chi connectivity index (χ0v) is 8.16. The number of nitrogens with zero attached hydrogens (tertiary/aromatic N) is 2. The third-order valence-corrected chi connectivity index (χ3v) is 2.53.